The Morgan fingerprint density at radius 2 is 1.65 bits per heavy atom. The normalized spacial score (nSPS) is 17.9. The Morgan fingerprint density at radius 1 is 0.946 bits per heavy atom. The van der Waals surface area contributed by atoms with Crippen molar-refractivity contribution >= 4 is 35.1 Å². The molecule has 0 bridgehead atoms. The third-order valence-electron chi connectivity index (χ3n) is 6.95. The number of carbonyl (C=O) groups is 2. The highest BCUT2D eigenvalue weighted by atomic mass is 35.5. The van der Waals surface area contributed by atoms with E-state index in [9.17, 15) is 9.59 Å². The van der Waals surface area contributed by atoms with Crippen molar-refractivity contribution in [1.82, 2.24) is 14.7 Å². The molecule has 0 saturated carbocycles. The fourth-order valence-electron chi connectivity index (χ4n) is 4.56. The van der Waals surface area contributed by atoms with Crippen LogP contribution in [0.3, 0.4) is 0 Å². The van der Waals surface area contributed by atoms with E-state index < -0.39 is 0 Å². The lowest BCUT2D eigenvalue weighted by atomic mass is 9.91. The van der Waals surface area contributed by atoms with Crippen LogP contribution in [0.1, 0.15) is 24.8 Å². The summed E-state index contributed by atoms with van der Waals surface area (Å²) in [6.45, 7) is 4.07. The Labute approximate surface area is 228 Å². The van der Waals surface area contributed by atoms with Crippen LogP contribution in [0, 0.1) is 0 Å². The number of carbonyl (C=O) groups excluding carboxylic acids is 2. The van der Waals surface area contributed by atoms with Crippen LogP contribution < -0.4 is 9.47 Å². The van der Waals surface area contributed by atoms with Gasteiger partial charge in [0.05, 0.1) is 16.7 Å². The molecule has 0 N–H and O–H groups in total. The molecule has 3 amide bonds. The molecule has 0 aromatic heterocycles. The summed E-state index contributed by atoms with van der Waals surface area (Å²) in [5.41, 5.74) is 0.876. The number of amides is 3. The number of benzene rings is 2. The monoisotopic (exact) mass is 549 g/mol. The average molecular weight is 550 g/mol. The van der Waals surface area contributed by atoms with E-state index in [0.29, 0.717) is 42.0 Å². The number of urea groups is 1. The lowest BCUT2D eigenvalue weighted by Gasteiger charge is -2.40. The largest absolute Gasteiger partial charge is 0.494 e. The van der Waals surface area contributed by atoms with Gasteiger partial charge in [-0.1, -0.05) is 35.3 Å². The van der Waals surface area contributed by atoms with Gasteiger partial charge < -0.3 is 19.1 Å². The number of hydrogen-bond donors (Lipinski definition) is 0. The second-order valence-electron chi connectivity index (χ2n) is 9.56. The van der Waals surface area contributed by atoms with Gasteiger partial charge >= 0.3 is 6.03 Å². The van der Waals surface area contributed by atoms with Gasteiger partial charge in [0.25, 0.3) is 0 Å². The topological polar surface area (TPSA) is 71.6 Å². The number of halogens is 2. The Balaban J connectivity index is 1.18. The van der Waals surface area contributed by atoms with Gasteiger partial charge in [0.1, 0.15) is 30.3 Å². The Morgan fingerprint density at radius 3 is 2.27 bits per heavy atom. The van der Waals surface area contributed by atoms with Gasteiger partial charge in [-0.25, -0.2) is 4.79 Å². The number of methoxy groups -OCH3 is 1. The van der Waals surface area contributed by atoms with Crippen molar-refractivity contribution in [3.63, 3.8) is 0 Å². The maximum Gasteiger partial charge on any atom is 0.326 e. The first kappa shape index (κ1) is 27.5. The molecule has 0 aliphatic carbocycles. The molecule has 0 radical (unpaired) electrons. The van der Waals surface area contributed by atoms with E-state index in [1.165, 1.54) is 15.4 Å². The van der Waals surface area contributed by atoms with E-state index in [1.807, 2.05) is 18.2 Å². The summed E-state index contributed by atoms with van der Waals surface area (Å²) in [6.07, 6.45) is 2.32. The van der Waals surface area contributed by atoms with Crippen LogP contribution in [-0.2, 0) is 16.1 Å². The first-order valence-electron chi connectivity index (χ1n) is 12.4. The molecule has 2 aliphatic heterocycles. The van der Waals surface area contributed by atoms with Crippen molar-refractivity contribution in [2.75, 3.05) is 53.6 Å². The highest BCUT2D eigenvalue weighted by Gasteiger charge is 2.36. The number of hydrogen-bond acceptors (Lipinski definition) is 6. The average Bonchev–Trinajstić information content (AvgIpc) is 3.15. The van der Waals surface area contributed by atoms with Crippen molar-refractivity contribution in [2.24, 2.45) is 0 Å². The number of imide groups is 1. The van der Waals surface area contributed by atoms with E-state index in [-0.39, 0.29) is 24.1 Å². The molecule has 2 heterocycles. The van der Waals surface area contributed by atoms with E-state index in [0.717, 1.165) is 38.2 Å². The number of ether oxygens (including phenoxy) is 3. The van der Waals surface area contributed by atoms with E-state index in [2.05, 4.69) is 17.0 Å². The second-order valence-corrected chi connectivity index (χ2v) is 10.4. The van der Waals surface area contributed by atoms with Crippen LogP contribution in [0.2, 0.25) is 10.0 Å². The Bertz CT molecular complexity index is 1090. The molecule has 10 heteroatoms. The van der Waals surface area contributed by atoms with Crippen LogP contribution >= 0.6 is 23.2 Å². The van der Waals surface area contributed by atoms with Crippen LogP contribution in [0.15, 0.2) is 42.5 Å². The van der Waals surface area contributed by atoms with Crippen molar-refractivity contribution in [1.29, 1.82) is 0 Å². The number of nitrogens with zero attached hydrogens (tertiary/aromatic N) is 3. The highest BCUT2D eigenvalue weighted by Crippen LogP contribution is 2.30. The molecule has 0 unspecified atom stereocenters. The number of rotatable bonds is 11. The quantitative estimate of drug-likeness (QED) is 0.298. The van der Waals surface area contributed by atoms with Gasteiger partial charge in [-0.3, -0.25) is 14.6 Å². The minimum absolute atomic E-state index is 0.150. The molecule has 4 rings (SSSR count). The molecule has 2 aliphatic rings. The fourth-order valence-corrected chi connectivity index (χ4v) is 4.85. The zero-order valence-corrected chi connectivity index (χ0v) is 22.8. The first-order chi connectivity index (χ1) is 17.8. The third kappa shape index (κ3) is 7.08. The van der Waals surface area contributed by atoms with Crippen molar-refractivity contribution in [3.8, 4) is 11.5 Å². The van der Waals surface area contributed by atoms with Gasteiger partial charge in [0.2, 0.25) is 5.91 Å². The number of likely N-dealkylation sites (tertiary alicyclic amines) is 1. The molecule has 0 spiro atoms. The SMILES string of the molecule is COC1(COc2ccc(Cl)c(Cl)c2)CCN(Cc2ccc(OCCCN3C(=O)CN(C)C3=O)cc2)CC1. The van der Waals surface area contributed by atoms with Gasteiger partial charge in [0.15, 0.2) is 0 Å². The summed E-state index contributed by atoms with van der Waals surface area (Å²) in [6, 6.07) is 13.1. The lowest BCUT2D eigenvalue weighted by molar-refractivity contribution is -0.125. The van der Waals surface area contributed by atoms with E-state index in [1.54, 1.807) is 26.3 Å². The Kier molecular flexibility index (Phi) is 9.18. The number of likely N-dealkylation sites (N-methyl/N-ethyl adjacent to an activating group) is 1. The molecule has 37 heavy (non-hydrogen) atoms. The molecule has 2 saturated heterocycles. The number of piperidine rings is 1. The van der Waals surface area contributed by atoms with Gasteiger partial charge in [-0.05, 0) is 49.1 Å². The lowest BCUT2D eigenvalue weighted by Crippen LogP contribution is -2.48. The molecule has 2 aromatic rings. The third-order valence-corrected chi connectivity index (χ3v) is 7.69. The van der Waals surface area contributed by atoms with Crippen LogP contribution in [0.4, 0.5) is 4.79 Å². The molecule has 0 atom stereocenters. The Hall–Kier alpha value is -2.52. The van der Waals surface area contributed by atoms with Crippen LogP contribution in [0.25, 0.3) is 0 Å². The zero-order chi connectivity index (χ0) is 26.4. The zero-order valence-electron chi connectivity index (χ0n) is 21.3. The van der Waals surface area contributed by atoms with Crippen LogP contribution in [-0.4, -0.2) is 85.8 Å². The van der Waals surface area contributed by atoms with E-state index >= 15 is 0 Å². The maximum absolute atomic E-state index is 11.9. The van der Waals surface area contributed by atoms with Crippen molar-refractivity contribution < 1.29 is 23.8 Å². The molecular formula is C27H33Cl2N3O5. The fraction of sp³-hybridized carbons (Fsp3) is 0.481. The minimum Gasteiger partial charge on any atom is -0.494 e. The predicted octanol–water partition coefficient (Wildman–Crippen LogP) is 4.72. The molecule has 200 valence electrons. The molecule has 8 nitrogen and oxygen atoms in total. The first-order valence-corrected chi connectivity index (χ1v) is 13.2. The van der Waals surface area contributed by atoms with Crippen molar-refractivity contribution in [3.05, 3.63) is 58.1 Å². The smallest absolute Gasteiger partial charge is 0.326 e. The minimum atomic E-state index is -0.333. The molecular weight excluding hydrogens is 517 g/mol. The molecule has 2 aromatic carbocycles. The summed E-state index contributed by atoms with van der Waals surface area (Å²) in [5, 5.41) is 0.976. The van der Waals surface area contributed by atoms with Crippen molar-refractivity contribution in [2.45, 2.75) is 31.4 Å². The van der Waals surface area contributed by atoms with Gasteiger partial charge in [-0.2, -0.15) is 0 Å². The van der Waals surface area contributed by atoms with Gasteiger partial charge in [-0.15, -0.1) is 0 Å². The summed E-state index contributed by atoms with van der Waals surface area (Å²) in [5.74, 6) is 1.30. The maximum atomic E-state index is 11.9. The summed E-state index contributed by atoms with van der Waals surface area (Å²) in [4.78, 5) is 28.8. The van der Waals surface area contributed by atoms with E-state index in [4.69, 9.17) is 37.4 Å². The molecule has 2 fully saturated rings. The highest BCUT2D eigenvalue weighted by molar-refractivity contribution is 6.42. The van der Waals surface area contributed by atoms with Gasteiger partial charge in [0, 0.05) is 46.4 Å². The second kappa shape index (κ2) is 12.3. The van der Waals surface area contributed by atoms with Crippen LogP contribution in [0.5, 0.6) is 11.5 Å². The summed E-state index contributed by atoms with van der Waals surface area (Å²) < 4.78 is 17.7. The summed E-state index contributed by atoms with van der Waals surface area (Å²) >= 11 is 12.1. The standard InChI is InChI=1S/C27H33Cl2N3O5/c1-30-18-25(33)32(26(30)34)12-3-15-36-21-6-4-20(5-7-21)17-31-13-10-27(35-2,11-14-31)19-37-22-8-9-23(28)24(29)16-22/h4-9,16H,3,10-15,17-19H2,1-2H3. The predicted molar refractivity (Wildman–Crippen MR) is 143 cm³/mol. The summed E-state index contributed by atoms with van der Waals surface area (Å²) in [7, 11) is 3.37.